The molecule has 2 aliphatic rings. The van der Waals surface area contributed by atoms with E-state index < -0.39 is 0 Å². The minimum Gasteiger partial charge on any atom is -0.493 e. The average molecular weight is 520 g/mol. The third kappa shape index (κ3) is 8.06. The molecule has 0 saturated carbocycles. The topological polar surface area (TPSA) is 89.6 Å². The van der Waals surface area contributed by atoms with Crippen LogP contribution in [-0.4, -0.2) is 102 Å². The quantitative estimate of drug-likeness (QED) is 0.401. The highest BCUT2D eigenvalue weighted by atomic mass is 16.5. The standard InChI is InChI=1S/C28H45N3O6/c1-20(2)31(28(33)22-7-8-25(35-5)26(15-22)37-12-6-11-34-4)19-24-17-29-16-23(24)18-30(3)27(32)21-9-13-36-14-10-21/h7-8,15,20-21,23-24,29H,6,9-14,16-19H2,1-5H3/t23-,24+/m0/s1. The second kappa shape index (κ2) is 14.5. The maximum Gasteiger partial charge on any atom is 0.254 e. The second-order valence-corrected chi connectivity index (χ2v) is 10.4. The average Bonchev–Trinajstić information content (AvgIpc) is 3.35. The molecule has 0 bridgehead atoms. The van der Waals surface area contributed by atoms with Crippen molar-refractivity contribution in [3.63, 3.8) is 0 Å². The first-order valence-corrected chi connectivity index (χ1v) is 13.5. The fourth-order valence-corrected chi connectivity index (χ4v) is 5.17. The van der Waals surface area contributed by atoms with Gasteiger partial charge in [-0.2, -0.15) is 0 Å². The van der Waals surface area contributed by atoms with Crippen molar-refractivity contribution in [1.82, 2.24) is 15.1 Å². The molecule has 0 spiro atoms. The molecule has 9 nitrogen and oxygen atoms in total. The number of benzene rings is 1. The summed E-state index contributed by atoms with van der Waals surface area (Å²) in [6.45, 7) is 9.49. The summed E-state index contributed by atoms with van der Waals surface area (Å²) in [5, 5.41) is 3.48. The van der Waals surface area contributed by atoms with E-state index in [0.717, 1.165) is 32.4 Å². The van der Waals surface area contributed by atoms with Crippen LogP contribution in [0.25, 0.3) is 0 Å². The summed E-state index contributed by atoms with van der Waals surface area (Å²) in [5.41, 5.74) is 0.575. The van der Waals surface area contributed by atoms with Gasteiger partial charge in [-0.1, -0.05) is 0 Å². The van der Waals surface area contributed by atoms with Crippen molar-refractivity contribution in [2.45, 2.75) is 39.2 Å². The largest absolute Gasteiger partial charge is 0.493 e. The van der Waals surface area contributed by atoms with Gasteiger partial charge < -0.3 is 34.1 Å². The predicted molar refractivity (Wildman–Crippen MR) is 142 cm³/mol. The normalized spacial score (nSPS) is 20.2. The van der Waals surface area contributed by atoms with Gasteiger partial charge in [-0.05, 0) is 56.7 Å². The first kappa shape index (κ1) is 29.2. The summed E-state index contributed by atoms with van der Waals surface area (Å²) in [5.74, 6) is 1.95. The molecule has 0 radical (unpaired) electrons. The van der Waals surface area contributed by atoms with Gasteiger partial charge in [0.05, 0.1) is 13.7 Å². The Labute approximate surface area is 221 Å². The summed E-state index contributed by atoms with van der Waals surface area (Å²) in [6, 6.07) is 5.38. The van der Waals surface area contributed by atoms with E-state index in [1.807, 2.05) is 30.7 Å². The zero-order chi connectivity index (χ0) is 26.8. The van der Waals surface area contributed by atoms with E-state index in [9.17, 15) is 9.59 Å². The maximum atomic E-state index is 13.7. The van der Waals surface area contributed by atoms with Gasteiger partial charge in [0.1, 0.15) is 0 Å². The van der Waals surface area contributed by atoms with Gasteiger partial charge in [0.25, 0.3) is 5.91 Å². The zero-order valence-corrected chi connectivity index (χ0v) is 23.2. The molecule has 0 aromatic heterocycles. The van der Waals surface area contributed by atoms with Crippen LogP contribution in [0.1, 0.15) is 43.5 Å². The van der Waals surface area contributed by atoms with Crippen molar-refractivity contribution in [2.75, 3.05) is 73.9 Å². The molecule has 2 heterocycles. The lowest BCUT2D eigenvalue weighted by Gasteiger charge is -2.34. The molecule has 3 rings (SSSR count). The number of nitrogens with one attached hydrogen (secondary N) is 1. The molecule has 2 fully saturated rings. The Kier molecular flexibility index (Phi) is 11.5. The number of amides is 2. The molecule has 2 atom stereocenters. The van der Waals surface area contributed by atoms with Gasteiger partial charge in [-0.25, -0.2) is 0 Å². The van der Waals surface area contributed by atoms with Gasteiger partial charge in [-0.15, -0.1) is 0 Å². The van der Waals surface area contributed by atoms with Crippen LogP contribution in [0, 0.1) is 17.8 Å². The Morgan fingerprint density at radius 1 is 1.05 bits per heavy atom. The number of methoxy groups -OCH3 is 2. The van der Waals surface area contributed by atoms with Crippen molar-refractivity contribution in [1.29, 1.82) is 0 Å². The van der Waals surface area contributed by atoms with Crippen molar-refractivity contribution in [3.05, 3.63) is 23.8 Å². The van der Waals surface area contributed by atoms with E-state index in [4.69, 9.17) is 18.9 Å². The monoisotopic (exact) mass is 519 g/mol. The predicted octanol–water partition coefficient (Wildman–Crippen LogP) is 2.68. The molecule has 2 aliphatic heterocycles. The fraction of sp³-hybridized carbons (Fsp3) is 0.714. The van der Waals surface area contributed by atoms with Crippen molar-refractivity contribution >= 4 is 11.8 Å². The molecule has 2 saturated heterocycles. The van der Waals surface area contributed by atoms with Crippen LogP contribution in [0.3, 0.4) is 0 Å². The van der Waals surface area contributed by atoms with Crippen molar-refractivity contribution in [3.8, 4) is 11.5 Å². The van der Waals surface area contributed by atoms with Gasteiger partial charge in [0.15, 0.2) is 11.5 Å². The minimum atomic E-state index is -0.0309. The van der Waals surface area contributed by atoms with Gasteiger partial charge in [0.2, 0.25) is 5.91 Å². The molecule has 2 amide bonds. The molecular weight excluding hydrogens is 474 g/mol. The number of carbonyl (C=O) groups is 2. The molecular formula is C28H45N3O6. The van der Waals surface area contributed by atoms with E-state index in [1.165, 1.54) is 0 Å². The molecule has 9 heteroatoms. The van der Waals surface area contributed by atoms with Crippen LogP contribution in [0.4, 0.5) is 0 Å². The molecule has 208 valence electrons. The summed E-state index contributed by atoms with van der Waals surface area (Å²) < 4.78 is 21.8. The highest BCUT2D eigenvalue weighted by Gasteiger charge is 2.34. The molecule has 0 aliphatic carbocycles. The summed E-state index contributed by atoms with van der Waals surface area (Å²) in [7, 11) is 5.16. The first-order valence-electron chi connectivity index (χ1n) is 13.5. The number of hydrogen-bond acceptors (Lipinski definition) is 7. The zero-order valence-electron chi connectivity index (χ0n) is 23.2. The number of hydrogen-bond donors (Lipinski definition) is 1. The fourth-order valence-electron chi connectivity index (χ4n) is 5.17. The lowest BCUT2D eigenvalue weighted by Crippen LogP contribution is -2.44. The lowest BCUT2D eigenvalue weighted by atomic mass is 9.93. The Balaban J connectivity index is 1.66. The van der Waals surface area contributed by atoms with Crippen LogP contribution in [-0.2, 0) is 14.3 Å². The van der Waals surface area contributed by atoms with Crippen LogP contribution < -0.4 is 14.8 Å². The summed E-state index contributed by atoms with van der Waals surface area (Å²) >= 11 is 0. The number of ether oxygens (including phenoxy) is 4. The Hall–Kier alpha value is -2.36. The van der Waals surface area contributed by atoms with E-state index in [0.29, 0.717) is 62.5 Å². The van der Waals surface area contributed by atoms with Crippen LogP contribution >= 0.6 is 0 Å². The van der Waals surface area contributed by atoms with Gasteiger partial charge in [-0.3, -0.25) is 9.59 Å². The minimum absolute atomic E-state index is 0.0309. The molecule has 1 aromatic rings. The second-order valence-electron chi connectivity index (χ2n) is 10.4. The Morgan fingerprint density at radius 3 is 2.41 bits per heavy atom. The smallest absolute Gasteiger partial charge is 0.254 e. The van der Waals surface area contributed by atoms with Crippen LogP contribution in [0.15, 0.2) is 18.2 Å². The molecule has 37 heavy (non-hydrogen) atoms. The van der Waals surface area contributed by atoms with Gasteiger partial charge in [0, 0.05) is 84.1 Å². The number of carbonyl (C=O) groups excluding carboxylic acids is 2. The highest BCUT2D eigenvalue weighted by Crippen LogP contribution is 2.30. The number of rotatable bonds is 13. The summed E-state index contributed by atoms with van der Waals surface area (Å²) in [4.78, 5) is 30.4. The Morgan fingerprint density at radius 2 is 1.76 bits per heavy atom. The van der Waals surface area contributed by atoms with Crippen LogP contribution in [0.5, 0.6) is 11.5 Å². The lowest BCUT2D eigenvalue weighted by molar-refractivity contribution is -0.137. The maximum absolute atomic E-state index is 13.7. The van der Waals surface area contributed by atoms with E-state index in [-0.39, 0.29) is 29.7 Å². The van der Waals surface area contributed by atoms with E-state index in [1.54, 1.807) is 32.4 Å². The van der Waals surface area contributed by atoms with Crippen molar-refractivity contribution in [2.24, 2.45) is 17.8 Å². The summed E-state index contributed by atoms with van der Waals surface area (Å²) in [6.07, 6.45) is 2.34. The molecule has 0 unspecified atom stereocenters. The molecule has 1 aromatic carbocycles. The Bertz CT molecular complexity index is 873. The van der Waals surface area contributed by atoms with E-state index >= 15 is 0 Å². The third-order valence-electron chi connectivity index (χ3n) is 7.41. The SMILES string of the molecule is COCCCOc1cc(C(=O)N(C[C@H]2CNC[C@H]2CN(C)C(=O)C2CCOCC2)C(C)C)ccc1OC. The van der Waals surface area contributed by atoms with Crippen LogP contribution in [0.2, 0.25) is 0 Å². The highest BCUT2D eigenvalue weighted by molar-refractivity contribution is 5.95. The number of nitrogens with zero attached hydrogens (tertiary/aromatic N) is 2. The third-order valence-corrected chi connectivity index (χ3v) is 7.41. The van der Waals surface area contributed by atoms with E-state index in [2.05, 4.69) is 5.32 Å². The molecule has 1 N–H and O–H groups in total. The van der Waals surface area contributed by atoms with Crippen molar-refractivity contribution < 1.29 is 28.5 Å². The van der Waals surface area contributed by atoms with Gasteiger partial charge >= 0.3 is 0 Å². The first-order chi connectivity index (χ1) is 17.8.